The number of nitrogens with zero attached hydrogens (tertiary/aromatic N) is 1. The molecule has 6 nitrogen and oxygen atoms in total. The van der Waals surface area contributed by atoms with Crippen LogP contribution in [0.25, 0.3) is 10.9 Å². The maximum absolute atomic E-state index is 13.3. The summed E-state index contributed by atoms with van der Waals surface area (Å²) in [5, 5.41) is 21.5. The van der Waals surface area contributed by atoms with Gasteiger partial charge in [-0.1, -0.05) is 25.5 Å². The summed E-state index contributed by atoms with van der Waals surface area (Å²) in [6.45, 7) is 2.32. The Balaban J connectivity index is 1.63. The van der Waals surface area contributed by atoms with Gasteiger partial charge in [-0.3, -0.25) is 9.59 Å². The molecule has 1 aromatic heterocycles. The van der Waals surface area contributed by atoms with Gasteiger partial charge >= 0.3 is 5.97 Å². The number of piperidine rings is 1. The zero-order valence-corrected chi connectivity index (χ0v) is 16.3. The van der Waals surface area contributed by atoms with Crippen molar-refractivity contribution in [1.82, 2.24) is 9.88 Å². The number of aliphatic hydroxyl groups is 1. The number of carbonyl (C=O) groups is 2. The molecular weight excluding hydrogens is 356 g/mol. The van der Waals surface area contributed by atoms with Crippen molar-refractivity contribution in [2.75, 3.05) is 13.1 Å². The van der Waals surface area contributed by atoms with Crippen molar-refractivity contribution in [1.29, 1.82) is 0 Å². The van der Waals surface area contributed by atoms with Crippen molar-refractivity contribution in [2.45, 2.75) is 58.0 Å². The SMILES string of the molecule is CCC[C@]1(C(=O)O)CCN(C(=O)c2cccc3c4c([nH]c23)CCCC4)C[C@H]1O. The molecular formula is C22H28N2O4. The number of likely N-dealkylation sites (tertiary alicyclic amines) is 1. The number of aromatic nitrogens is 1. The highest BCUT2D eigenvalue weighted by atomic mass is 16.4. The summed E-state index contributed by atoms with van der Waals surface area (Å²) in [6, 6.07) is 5.80. The number of β-amino-alcohol motifs (C(OH)–C–C–N with tert-alkyl or cyclic N) is 1. The van der Waals surface area contributed by atoms with E-state index in [4.69, 9.17) is 0 Å². The second-order valence-corrected chi connectivity index (χ2v) is 8.25. The van der Waals surface area contributed by atoms with Gasteiger partial charge in [-0.2, -0.15) is 0 Å². The highest BCUT2D eigenvalue weighted by Crippen LogP contribution is 2.38. The smallest absolute Gasteiger partial charge is 0.312 e. The van der Waals surface area contributed by atoms with E-state index < -0.39 is 17.5 Å². The van der Waals surface area contributed by atoms with Crippen LogP contribution >= 0.6 is 0 Å². The zero-order chi connectivity index (χ0) is 19.9. The van der Waals surface area contributed by atoms with E-state index in [1.807, 2.05) is 19.1 Å². The van der Waals surface area contributed by atoms with Gasteiger partial charge in [0.25, 0.3) is 5.91 Å². The first-order chi connectivity index (χ1) is 13.5. The average Bonchev–Trinajstić information content (AvgIpc) is 3.07. The molecule has 1 aliphatic heterocycles. The van der Waals surface area contributed by atoms with Gasteiger partial charge in [-0.05, 0) is 50.2 Å². The third-order valence-corrected chi connectivity index (χ3v) is 6.63. The molecule has 2 aliphatic rings. The predicted molar refractivity (Wildman–Crippen MR) is 106 cm³/mol. The largest absolute Gasteiger partial charge is 0.481 e. The minimum atomic E-state index is -1.15. The molecule has 3 N–H and O–H groups in total. The van der Waals surface area contributed by atoms with E-state index >= 15 is 0 Å². The van der Waals surface area contributed by atoms with Crippen LogP contribution in [0.5, 0.6) is 0 Å². The van der Waals surface area contributed by atoms with Crippen molar-refractivity contribution in [3.05, 3.63) is 35.0 Å². The number of nitrogens with one attached hydrogen (secondary N) is 1. The molecule has 0 radical (unpaired) electrons. The van der Waals surface area contributed by atoms with E-state index in [2.05, 4.69) is 11.1 Å². The first kappa shape index (κ1) is 19.0. The Bertz CT molecular complexity index is 919. The van der Waals surface area contributed by atoms with E-state index in [-0.39, 0.29) is 18.9 Å². The van der Waals surface area contributed by atoms with Crippen LogP contribution in [0, 0.1) is 5.41 Å². The van der Waals surface area contributed by atoms with Crippen molar-refractivity contribution < 1.29 is 19.8 Å². The number of aliphatic carboxylic acids is 1. The highest BCUT2D eigenvalue weighted by Gasteiger charge is 2.48. The lowest BCUT2D eigenvalue weighted by molar-refractivity contribution is -0.162. The van der Waals surface area contributed by atoms with E-state index in [9.17, 15) is 19.8 Å². The van der Waals surface area contributed by atoms with E-state index in [0.29, 0.717) is 24.9 Å². The van der Waals surface area contributed by atoms with E-state index in [0.717, 1.165) is 30.2 Å². The molecule has 0 saturated carbocycles. The number of aryl methyl sites for hydroxylation is 2. The average molecular weight is 384 g/mol. The van der Waals surface area contributed by atoms with Gasteiger partial charge in [0.1, 0.15) is 0 Å². The number of H-pyrrole nitrogens is 1. The summed E-state index contributed by atoms with van der Waals surface area (Å²) in [6.07, 6.45) is 4.71. The molecule has 1 amide bonds. The number of benzene rings is 1. The lowest BCUT2D eigenvalue weighted by Gasteiger charge is -2.42. The Morgan fingerprint density at radius 1 is 1.29 bits per heavy atom. The van der Waals surface area contributed by atoms with Crippen molar-refractivity contribution in [3.8, 4) is 0 Å². The van der Waals surface area contributed by atoms with Crippen LogP contribution in [0.2, 0.25) is 0 Å². The second kappa shape index (κ2) is 7.24. The summed E-state index contributed by atoms with van der Waals surface area (Å²) >= 11 is 0. The number of carboxylic acid groups (broad SMARTS) is 1. The Kier molecular flexibility index (Phi) is 4.91. The molecule has 28 heavy (non-hydrogen) atoms. The molecule has 1 aromatic carbocycles. The number of rotatable bonds is 4. The molecule has 0 spiro atoms. The maximum atomic E-state index is 13.3. The first-order valence-electron chi connectivity index (χ1n) is 10.3. The number of amides is 1. The fraction of sp³-hybridized carbons (Fsp3) is 0.545. The molecule has 0 bridgehead atoms. The Labute approximate surface area is 164 Å². The lowest BCUT2D eigenvalue weighted by Crippen LogP contribution is -2.56. The van der Waals surface area contributed by atoms with Crippen LogP contribution < -0.4 is 0 Å². The van der Waals surface area contributed by atoms with Gasteiger partial charge in [0.2, 0.25) is 0 Å². The number of aromatic amines is 1. The lowest BCUT2D eigenvalue weighted by atomic mass is 9.72. The number of fused-ring (bicyclic) bond motifs is 3. The van der Waals surface area contributed by atoms with E-state index in [1.165, 1.54) is 17.7 Å². The zero-order valence-electron chi connectivity index (χ0n) is 16.3. The summed E-state index contributed by atoms with van der Waals surface area (Å²) in [4.78, 5) is 30.2. The number of carbonyl (C=O) groups excluding carboxylic acids is 1. The molecule has 2 aromatic rings. The second-order valence-electron chi connectivity index (χ2n) is 8.25. The normalized spacial score (nSPS) is 24.9. The van der Waals surface area contributed by atoms with Crippen LogP contribution in [0.1, 0.15) is 60.6 Å². The molecule has 4 rings (SSSR count). The molecule has 2 heterocycles. The van der Waals surface area contributed by atoms with Crippen LogP contribution in [-0.4, -0.2) is 51.2 Å². The molecule has 1 saturated heterocycles. The summed E-state index contributed by atoms with van der Waals surface area (Å²) in [7, 11) is 0. The summed E-state index contributed by atoms with van der Waals surface area (Å²) < 4.78 is 0. The fourth-order valence-electron chi connectivity index (χ4n) is 5.03. The minimum Gasteiger partial charge on any atom is -0.481 e. The van der Waals surface area contributed by atoms with Crippen molar-refractivity contribution in [3.63, 3.8) is 0 Å². The van der Waals surface area contributed by atoms with Gasteiger partial charge in [0, 0.05) is 24.2 Å². The number of aliphatic hydroxyl groups excluding tert-OH is 1. The molecule has 150 valence electrons. The third kappa shape index (κ3) is 2.91. The molecule has 0 unspecified atom stereocenters. The van der Waals surface area contributed by atoms with Gasteiger partial charge in [0.05, 0.1) is 22.6 Å². The summed E-state index contributed by atoms with van der Waals surface area (Å²) in [5.41, 5.74) is 2.88. The number of hydrogen-bond acceptors (Lipinski definition) is 3. The number of hydrogen-bond donors (Lipinski definition) is 3. The Morgan fingerprint density at radius 3 is 2.79 bits per heavy atom. The van der Waals surface area contributed by atoms with Gasteiger partial charge in [0.15, 0.2) is 0 Å². The Morgan fingerprint density at radius 2 is 2.07 bits per heavy atom. The van der Waals surface area contributed by atoms with Crippen LogP contribution in [0.15, 0.2) is 18.2 Å². The molecule has 1 aliphatic carbocycles. The topological polar surface area (TPSA) is 93.6 Å². The summed E-state index contributed by atoms with van der Waals surface area (Å²) in [5.74, 6) is -1.10. The van der Waals surface area contributed by atoms with Gasteiger partial charge in [-0.15, -0.1) is 0 Å². The highest BCUT2D eigenvalue weighted by molar-refractivity contribution is 6.07. The first-order valence-corrected chi connectivity index (χ1v) is 10.3. The third-order valence-electron chi connectivity index (χ3n) is 6.63. The van der Waals surface area contributed by atoms with Crippen LogP contribution in [-0.2, 0) is 17.6 Å². The van der Waals surface area contributed by atoms with Crippen LogP contribution in [0.3, 0.4) is 0 Å². The Hall–Kier alpha value is -2.34. The van der Waals surface area contributed by atoms with Crippen molar-refractivity contribution >= 4 is 22.8 Å². The number of carboxylic acids is 1. The number of para-hydroxylation sites is 1. The van der Waals surface area contributed by atoms with Gasteiger partial charge in [-0.25, -0.2) is 0 Å². The molecule has 1 fully saturated rings. The van der Waals surface area contributed by atoms with Gasteiger partial charge < -0.3 is 20.1 Å². The van der Waals surface area contributed by atoms with Crippen LogP contribution in [0.4, 0.5) is 0 Å². The van der Waals surface area contributed by atoms with Crippen molar-refractivity contribution in [2.24, 2.45) is 5.41 Å². The minimum absolute atomic E-state index is 0.0575. The van der Waals surface area contributed by atoms with E-state index in [1.54, 1.807) is 4.90 Å². The predicted octanol–water partition coefficient (Wildman–Crippen LogP) is 3.12. The molecule has 6 heteroatoms. The standard InChI is InChI=1S/C22H28N2O4/c1-2-10-22(21(27)28)11-12-24(13-18(22)25)20(26)16-8-5-7-15-14-6-3-4-9-17(14)23-19(15)16/h5,7-8,18,23,25H,2-4,6,9-13H2,1H3,(H,27,28)/t18-,22+/m1/s1. The monoisotopic (exact) mass is 384 g/mol. The maximum Gasteiger partial charge on any atom is 0.312 e. The fourth-order valence-corrected chi connectivity index (χ4v) is 5.03. The molecule has 2 atom stereocenters. The quantitative estimate of drug-likeness (QED) is 0.755.